The Morgan fingerprint density at radius 3 is 2.47 bits per heavy atom. The molecule has 0 amide bonds. The molecule has 0 bridgehead atoms. The molecule has 4 heteroatoms. The fourth-order valence-electron chi connectivity index (χ4n) is 1.99. The van der Waals surface area contributed by atoms with E-state index in [4.69, 9.17) is 9.47 Å². The van der Waals surface area contributed by atoms with E-state index in [1.807, 2.05) is 6.92 Å². The normalized spacial score (nSPS) is 21.3. The van der Waals surface area contributed by atoms with E-state index in [0.29, 0.717) is 6.10 Å². The van der Waals surface area contributed by atoms with Crippen LogP contribution in [0.25, 0.3) is 0 Å². The maximum atomic E-state index is 11.2. The van der Waals surface area contributed by atoms with Gasteiger partial charge in [-0.3, -0.25) is 4.79 Å². The summed E-state index contributed by atoms with van der Waals surface area (Å²) in [7, 11) is 3.20. The van der Waals surface area contributed by atoms with E-state index < -0.39 is 0 Å². The number of nitrogens with zero attached hydrogens (tertiary/aromatic N) is 1. The number of carbonyl (C=O) groups is 1. The lowest BCUT2D eigenvalue weighted by Crippen LogP contribution is -2.40. The molecule has 0 N–H and O–H groups in total. The van der Waals surface area contributed by atoms with E-state index in [2.05, 4.69) is 4.90 Å². The highest BCUT2D eigenvalue weighted by atomic mass is 16.5. The van der Waals surface area contributed by atoms with Gasteiger partial charge in [0.05, 0.1) is 19.1 Å². The van der Waals surface area contributed by atoms with Gasteiger partial charge in [-0.05, 0) is 12.8 Å². The molecule has 88 valence electrons. The van der Waals surface area contributed by atoms with Gasteiger partial charge in [0.25, 0.3) is 0 Å². The zero-order chi connectivity index (χ0) is 11.3. The second kappa shape index (κ2) is 6.08. The lowest BCUT2D eigenvalue weighted by molar-refractivity contribution is -0.145. The maximum Gasteiger partial charge on any atom is 0.309 e. The van der Waals surface area contributed by atoms with Crippen LogP contribution in [0.15, 0.2) is 0 Å². The van der Waals surface area contributed by atoms with Crippen LogP contribution in [0.5, 0.6) is 0 Å². The zero-order valence-corrected chi connectivity index (χ0v) is 9.86. The molecule has 1 aliphatic rings. The molecule has 1 rings (SSSR count). The molecule has 0 spiro atoms. The monoisotopic (exact) mass is 215 g/mol. The number of rotatable bonds is 4. The van der Waals surface area contributed by atoms with E-state index in [-0.39, 0.29) is 11.9 Å². The van der Waals surface area contributed by atoms with Gasteiger partial charge >= 0.3 is 5.97 Å². The molecule has 0 radical (unpaired) electrons. The average molecular weight is 215 g/mol. The molecule has 1 heterocycles. The van der Waals surface area contributed by atoms with Gasteiger partial charge in [0, 0.05) is 26.7 Å². The van der Waals surface area contributed by atoms with Crippen LogP contribution in [0, 0.1) is 5.92 Å². The Hall–Kier alpha value is -0.610. The van der Waals surface area contributed by atoms with Gasteiger partial charge in [0.1, 0.15) is 0 Å². The zero-order valence-electron chi connectivity index (χ0n) is 9.86. The van der Waals surface area contributed by atoms with E-state index >= 15 is 0 Å². The smallest absolute Gasteiger partial charge is 0.309 e. The Morgan fingerprint density at radius 2 is 2.00 bits per heavy atom. The summed E-state index contributed by atoms with van der Waals surface area (Å²) in [5, 5.41) is 0. The Morgan fingerprint density at radius 1 is 1.40 bits per heavy atom. The molecule has 15 heavy (non-hydrogen) atoms. The van der Waals surface area contributed by atoms with Gasteiger partial charge in [-0.1, -0.05) is 6.92 Å². The molecule has 1 unspecified atom stereocenters. The summed E-state index contributed by atoms with van der Waals surface area (Å²) in [6.07, 6.45) is 2.52. The van der Waals surface area contributed by atoms with Crippen molar-refractivity contribution in [3.63, 3.8) is 0 Å². The first-order valence-corrected chi connectivity index (χ1v) is 5.50. The van der Waals surface area contributed by atoms with Crippen molar-refractivity contribution in [2.75, 3.05) is 33.9 Å². The van der Waals surface area contributed by atoms with E-state index in [1.54, 1.807) is 7.11 Å². The predicted molar refractivity (Wildman–Crippen MR) is 57.7 cm³/mol. The molecule has 1 fully saturated rings. The standard InChI is InChI=1S/C11H21NO3/c1-9(11(13)15-3)8-12-6-4-10(14-2)5-7-12/h9-10H,4-8H2,1-3H3. The fraction of sp³-hybridized carbons (Fsp3) is 0.909. The van der Waals surface area contributed by atoms with Crippen LogP contribution in [0.4, 0.5) is 0 Å². The van der Waals surface area contributed by atoms with E-state index in [0.717, 1.165) is 32.5 Å². The van der Waals surface area contributed by atoms with Gasteiger partial charge in [0.15, 0.2) is 0 Å². The minimum atomic E-state index is -0.121. The molecule has 4 nitrogen and oxygen atoms in total. The second-order valence-corrected chi connectivity index (χ2v) is 4.16. The number of esters is 1. The highest BCUT2D eigenvalue weighted by Crippen LogP contribution is 2.14. The fourth-order valence-corrected chi connectivity index (χ4v) is 1.99. The molecular weight excluding hydrogens is 194 g/mol. The topological polar surface area (TPSA) is 38.8 Å². The van der Waals surface area contributed by atoms with Crippen molar-refractivity contribution in [2.24, 2.45) is 5.92 Å². The Balaban J connectivity index is 2.26. The van der Waals surface area contributed by atoms with Crippen molar-refractivity contribution in [2.45, 2.75) is 25.9 Å². The predicted octanol–water partition coefficient (Wildman–Crippen LogP) is 0.906. The third kappa shape index (κ3) is 3.80. The first-order valence-electron chi connectivity index (χ1n) is 5.50. The number of likely N-dealkylation sites (tertiary alicyclic amines) is 1. The Labute approximate surface area is 91.5 Å². The first-order chi connectivity index (χ1) is 7.17. The minimum absolute atomic E-state index is 0.0332. The van der Waals surface area contributed by atoms with Crippen LogP contribution >= 0.6 is 0 Å². The number of methoxy groups -OCH3 is 2. The first kappa shape index (κ1) is 12.5. The van der Waals surface area contributed by atoms with Crippen molar-refractivity contribution in [3.05, 3.63) is 0 Å². The van der Waals surface area contributed by atoms with Gasteiger partial charge in [-0.15, -0.1) is 0 Å². The third-order valence-corrected chi connectivity index (χ3v) is 3.00. The number of carbonyl (C=O) groups excluding carboxylic acids is 1. The van der Waals surface area contributed by atoms with Gasteiger partial charge in [0.2, 0.25) is 0 Å². The van der Waals surface area contributed by atoms with Gasteiger partial charge in [-0.25, -0.2) is 0 Å². The summed E-state index contributed by atoms with van der Waals surface area (Å²) in [5.41, 5.74) is 0. The SMILES string of the molecule is COC(=O)C(C)CN1CCC(OC)CC1. The van der Waals surface area contributed by atoms with Crippen LogP contribution < -0.4 is 0 Å². The summed E-state index contributed by atoms with van der Waals surface area (Å²) in [6.45, 7) is 4.73. The maximum absolute atomic E-state index is 11.2. The van der Waals surface area contributed by atoms with Crippen LogP contribution in [0.3, 0.4) is 0 Å². The molecule has 0 aromatic carbocycles. The molecule has 0 saturated carbocycles. The summed E-state index contributed by atoms with van der Waals surface area (Å²) >= 11 is 0. The Kier molecular flexibility index (Phi) is 5.05. The largest absolute Gasteiger partial charge is 0.469 e. The second-order valence-electron chi connectivity index (χ2n) is 4.16. The molecule has 1 aliphatic heterocycles. The van der Waals surface area contributed by atoms with Crippen LogP contribution in [-0.4, -0.2) is 50.8 Å². The number of hydrogen-bond acceptors (Lipinski definition) is 4. The highest BCUT2D eigenvalue weighted by molar-refractivity contribution is 5.72. The van der Waals surface area contributed by atoms with E-state index in [9.17, 15) is 4.79 Å². The molecule has 1 saturated heterocycles. The summed E-state index contributed by atoms with van der Waals surface area (Å²) in [5.74, 6) is -0.155. The van der Waals surface area contributed by atoms with Crippen LogP contribution in [0.1, 0.15) is 19.8 Å². The van der Waals surface area contributed by atoms with Crippen molar-refractivity contribution >= 4 is 5.97 Å². The van der Waals surface area contributed by atoms with Gasteiger partial charge < -0.3 is 14.4 Å². The number of piperidine rings is 1. The van der Waals surface area contributed by atoms with Crippen molar-refractivity contribution in [1.82, 2.24) is 4.90 Å². The molecule has 1 atom stereocenters. The molecule has 0 aromatic heterocycles. The summed E-state index contributed by atoms with van der Waals surface area (Å²) in [4.78, 5) is 13.5. The van der Waals surface area contributed by atoms with Gasteiger partial charge in [-0.2, -0.15) is 0 Å². The average Bonchev–Trinajstić information content (AvgIpc) is 2.29. The lowest BCUT2D eigenvalue weighted by Gasteiger charge is -2.32. The summed E-state index contributed by atoms with van der Waals surface area (Å²) < 4.78 is 10.0. The van der Waals surface area contributed by atoms with Crippen LogP contribution in [0.2, 0.25) is 0 Å². The molecular formula is C11H21NO3. The third-order valence-electron chi connectivity index (χ3n) is 3.00. The number of ether oxygens (including phenoxy) is 2. The Bertz CT molecular complexity index is 200. The van der Waals surface area contributed by atoms with Crippen molar-refractivity contribution in [1.29, 1.82) is 0 Å². The lowest BCUT2D eigenvalue weighted by atomic mass is 10.1. The van der Waals surface area contributed by atoms with Crippen LogP contribution in [-0.2, 0) is 14.3 Å². The van der Waals surface area contributed by atoms with Crippen molar-refractivity contribution in [3.8, 4) is 0 Å². The minimum Gasteiger partial charge on any atom is -0.469 e. The molecule has 0 aromatic rings. The highest BCUT2D eigenvalue weighted by Gasteiger charge is 2.22. The van der Waals surface area contributed by atoms with E-state index in [1.165, 1.54) is 7.11 Å². The summed E-state index contributed by atoms with van der Waals surface area (Å²) in [6, 6.07) is 0. The number of hydrogen-bond donors (Lipinski definition) is 0. The van der Waals surface area contributed by atoms with Crippen molar-refractivity contribution < 1.29 is 14.3 Å². The molecule has 0 aliphatic carbocycles. The quantitative estimate of drug-likeness (QED) is 0.653.